The number of hydrogen-bond acceptors (Lipinski definition) is 5. The summed E-state index contributed by atoms with van der Waals surface area (Å²) in [4.78, 5) is 27.2. The van der Waals surface area contributed by atoms with Crippen LogP contribution in [-0.4, -0.2) is 49.4 Å². The Morgan fingerprint density at radius 2 is 1.74 bits per heavy atom. The molecule has 4 unspecified atom stereocenters. The molecule has 27 heavy (non-hydrogen) atoms. The fourth-order valence-electron chi connectivity index (χ4n) is 3.94. The number of nitrogens with zero attached hydrogens (tertiary/aromatic N) is 1. The molecule has 146 valence electrons. The van der Waals surface area contributed by atoms with Gasteiger partial charge in [0.15, 0.2) is 5.75 Å². The Bertz CT molecular complexity index is 737. The molecule has 7 heteroatoms. The lowest BCUT2D eigenvalue weighted by atomic mass is 10.1. The van der Waals surface area contributed by atoms with Gasteiger partial charge >= 0.3 is 0 Å². The number of carbonyl (C=O) groups is 2. The maximum absolute atomic E-state index is 12.9. The first-order valence-corrected chi connectivity index (χ1v) is 9.72. The molecular formula is C20H26N2O5. The molecule has 2 amide bonds. The van der Waals surface area contributed by atoms with E-state index >= 15 is 0 Å². The summed E-state index contributed by atoms with van der Waals surface area (Å²) in [7, 11) is 0. The van der Waals surface area contributed by atoms with Crippen molar-refractivity contribution in [2.45, 2.75) is 63.9 Å². The summed E-state index contributed by atoms with van der Waals surface area (Å²) in [6.07, 6.45) is 2.59. The van der Waals surface area contributed by atoms with Gasteiger partial charge in [-0.2, -0.15) is 0 Å². The van der Waals surface area contributed by atoms with Gasteiger partial charge in [-0.3, -0.25) is 9.59 Å². The molecule has 0 aliphatic carbocycles. The second kappa shape index (κ2) is 7.48. The zero-order chi connectivity index (χ0) is 19.0. The molecule has 3 aliphatic rings. The van der Waals surface area contributed by atoms with Crippen molar-refractivity contribution in [1.82, 2.24) is 0 Å². The molecule has 3 heterocycles. The zero-order valence-electron chi connectivity index (χ0n) is 15.8. The van der Waals surface area contributed by atoms with Gasteiger partial charge in [0.05, 0.1) is 30.1 Å². The first kappa shape index (κ1) is 18.3. The monoisotopic (exact) mass is 374 g/mol. The van der Waals surface area contributed by atoms with Gasteiger partial charge in [0.25, 0.3) is 11.8 Å². The molecule has 1 aromatic carbocycles. The SMILES string of the molecule is CC1CCC(C(=O)Nc2cccc3c2OCCN3C(=O)C2CCC(C)O2)O1. The largest absolute Gasteiger partial charge is 0.487 e. The molecule has 0 spiro atoms. The van der Waals surface area contributed by atoms with Crippen LogP contribution in [0, 0.1) is 0 Å². The van der Waals surface area contributed by atoms with E-state index in [2.05, 4.69) is 5.32 Å². The number of carbonyl (C=O) groups excluding carboxylic acids is 2. The third-order valence-electron chi connectivity index (χ3n) is 5.40. The van der Waals surface area contributed by atoms with E-state index in [0.717, 1.165) is 19.3 Å². The van der Waals surface area contributed by atoms with Crippen molar-refractivity contribution < 1.29 is 23.8 Å². The number of para-hydroxylation sites is 1. The maximum atomic E-state index is 12.9. The molecule has 0 bridgehead atoms. The molecule has 4 atom stereocenters. The van der Waals surface area contributed by atoms with Crippen LogP contribution in [0.4, 0.5) is 11.4 Å². The van der Waals surface area contributed by atoms with Crippen molar-refractivity contribution >= 4 is 23.2 Å². The number of amides is 2. The Balaban J connectivity index is 1.53. The highest BCUT2D eigenvalue weighted by Crippen LogP contribution is 2.39. The minimum atomic E-state index is -0.439. The van der Waals surface area contributed by atoms with Crippen LogP contribution < -0.4 is 15.0 Å². The smallest absolute Gasteiger partial charge is 0.256 e. The van der Waals surface area contributed by atoms with Crippen LogP contribution in [0.3, 0.4) is 0 Å². The highest BCUT2D eigenvalue weighted by molar-refractivity contribution is 6.02. The second-order valence-electron chi connectivity index (χ2n) is 7.51. The van der Waals surface area contributed by atoms with E-state index in [0.29, 0.717) is 36.7 Å². The highest BCUT2D eigenvalue weighted by atomic mass is 16.5. The lowest BCUT2D eigenvalue weighted by Gasteiger charge is -2.32. The molecule has 4 rings (SSSR count). The average molecular weight is 374 g/mol. The second-order valence-corrected chi connectivity index (χ2v) is 7.51. The van der Waals surface area contributed by atoms with E-state index in [1.54, 1.807) is 11.0 Å². The van der Waals surface area contributed by atoms with Gasteiger partial charge in [-0.1, -0.05) is 6.07 Å². The lowest BCUT2D eigenvalue weighted by Crippen LogP contribution is -2.44. The zero-order valence-corrected chi connectivity index (χ0v) is 15.8. The molecule has 2 fully saturated rings. The molecule has 2 saturated heterocycles. The van der Waals surface area contributed by atoms with Crippen molar-refractivity contribution in [2.75, 3.05) is 23.4 Å². The molecule has 0 saturated carbocycles. The summed E-state index contributed by atoms with van der Waals surface area (Å²) in [5.41, 5.74) is 1.24. The van der Waals surface area contributed by atoms with E-state index in [1.165, 1.54) is 0 Å². The highest BCUT2D eigenvalue weighted by Gasteiger charge is 2.35. The summed E-state index contributed by atoms with van der Waals surface area (Å²) in [6.45, 7) is 4.81. The predicted octanol–water partition coefficient (Wildman–Crippen LogP) is 2.49. The van der Waals surface area contributed by atoms with Gasteiger partial charge in [0, 0.05) is 0 Å². The number of nitrogens with one attached hydrogen (secondary N) is 1. The third kappa shape index (κ3) is 3.66. The molecule has 0 aromatic heterocycles. The molecule has 7 nitrogen and oxygen atoms in total. The van der Waals surface area contributed by atoms with Gasteiger partial charge < -0.3 is 24.4 Å². The summed E-state index contributed by atoms with van der Waals surface area (Å²) < 4.78 is 17.2. The maximum Gasteiger partial charge on any atom is 0.256 e. The van der Waals surface area contributed by atoms with E-state index < -0.39 is 12.2 Å². The summed E-state index contributed by atoms with van der Waals surface area (Å²) in [6, 6.07) is 5.45. The lowest BCUT2D eigenvalue weighted by molar-refractivity contribution is -0.129. The Hall–Kier alpha value is -2.12. The van der Waals surface area contributed by atoms with Gasteiger partial charge in [0.1, 0.15) is 18.8 Å². The Labute approximate surface area is 158 Å². The molecular weight excluding hydrogens is 348 g/mol. The van der Waals surface area contributed by atoms with Crippen molar-refractivity contribution in [3.05, 3.63) is 18.2 Å². The first-order chi connectivity index (χ1) is 13.0. The molecule has 1 aromatic rings. The fourth-order valence-corrected chi connectivity index (χ4v) is 3.94. The quantitative estimate of drug-likeness (QED) is 0.880. The Morgan fingerprint density at radius 3 is 2.41 bits per heavy atom. The van der Waals surface area contributed by atoms with E-state index in [1.807, 2.05) is 26.0 Å². The standard InChI is InChI=1S/C20H26N2O5/c1-12-6-8-16(26-12)19(23)21-14-4-3-5-15-18(14)25-11-10-22(15)20(24)17-9-7-13(2)27-17/h3-5,12-13,16-17H,6-11H2,1-2H3,(H,21,23). The summed E-state index contributed by atoms with van der Waals surface area (Å²) in [5, 5.41) is 2.91. The van der Waals surface area contributed by atoms with E-state index in [-0.39, 0.29) is 24.0 Å². The Morgan fingerprint density at radius 1 is 1.04 bits per heavy atom. The molecule has 3 aliphatic heterocycles. The number of rotatable bonds is 3. The van der Waals surface area contributed by atoms with E-state index in [4.69, 9.17) is 14.2 Å². The Kier molecular flexibility index (Phi) is 5.06. The van der Waals surface area contributed by atoms with Crippen molar-refractivity contribution in [2.24, 2.45) is 0 Å². The minimum absolute atomic E-state index is 0.0414. The van der Waals surface area contributed by atoms with Crippen molar-refractivity contribution in [3.63, 3.8) is 0 Å². The number of anilines is 2. The van der Waals surface area contributed by atoms with Crippen LogP contribution in [0.1, 0.15) is 39.5 Å². The predicted molar refractivity (Wildman–Crippen MR) is 100 cm³/mol. The van der Waals surface area contributed by atoms with E-state index in [9.17, 15) is 9.59 Å². The first-order valence-electron chi connectivity index (χ1n) is 9.72. The van der Waals surface area contributed by atoms with Crippen LogP contribution in [0.25, 0.3) is 0 Å². The fraction of sp³-hybridized carbons (Fsp3) is 0.600. The van der Waals surface area contributed by atoms with Crippen molar-refractivity contribution in [3.8, 4) is 5.75 Å². The van der Waals surface area contributed by atoms with Gasteiger partial charge in [-0.05, 0) is 51.7 Å². The van der Waals surface area contributed by atoms with Crippen LogP contribution in [0.2, 0.25) is 0 Å². The van der Waals surface area contributed by atoms with Crippen molar-refractivity contribution in [1.29, 1.82) is 0 Å². The van der Waals surface area contributed by atoms with Crippen LogP contribution in [0.15, 0.2) is 18.2 Å². The third-order valence-corrected chi connectivity index (χ3v) is 5.40. The average Bonchev–Trinajstić information content (AvgIpc) is 3.29. The van der Waals surface area contributed by atoms with Gasteiger partial charge in [-0.25, -0.2) is 0 Å². The van der Waals surface area contributed by atoms with Crippen LogP contribution in [-0.2, 0) is 19.1 Å². The minimum Gasteiger partial charge on any atom is -0.487 e. The molecule has 1 N–H and O–H groups in total. The summed E-state index contributed by atoms with van der Waals surface area (Å²) >= 11 is 0. The number of benzene rings is 1. The topological polar surface area (TPSA) is 77.1 Å². The van der Waals surface area contributed by atoms with Gasteiger partial charge in [-0.15, -0.1) is 0 Å². The van der Waals surface area contributed by atoms with Crippen LogP contribution >= 0.6 is 0 Å². The normalized spacial score (nSPS) is 29.9. The van der Waals surface area contributed by atoms with Gasteiger partial charge in [0.2, 0.25) is 0 Å². The number of ether oxygens (including phenoxy) is 3. The molecule has 0 radical (unpaired) electrons. The number of fused-ring (bicyclic) bond motifs is 1. The number of hydrogen-bond donors (Lipinski definition) is 1. The summed E-state index contributed by atoms with van der Waals surface area (Å²) in [5.74, 6) is 0.315. The van der Waals surface area contributed by atoms with Crippen LogP contribution in [0.5, 0.6) is 5.75 Å².